The van der Waals surface area contributed by atoms with Crippen molar-refractivity contribution in [1.82, 2.24) is 15.2 Å². The smallest absolute Gasteiger partial charge is 0.315 e. The van der Waals surface area contributed by atoms with E-state index >= 15 is 0 Å². The summed E-state index contributed by atoms with van der Waals surface area (Å²) in [5, 5.41) is 5.84. The van der Waals surface area contributed by atoms with Crippen molar-refractivity contribution in [3.63, 3.8) is 0 Å². The molecule has 1 aromatic heterocycles. The number of nitrogens with one attached hydrogen (secondary N) is 2. The van der Waals surface area contributed by atoms with Gasteiger partial charge in [-0.2, -0.15) is 0 Å². The normalized spacial score (nSPS) is 10.9. The van der Waals surface area contributed by atoms with Gasteiger partial charge in [0.05, 0.1) is 6.54 Å². The Morgan fingerprint density at radius 3 is 2.71 bits per heavy atom. The standard InChI is InChI=1S/C20H29N3O/c1-15(2)9-10-21-20(24)22-13-19-6-5-11-23(19)14-18-12-16(3)7-8-17(18)4/h5-8,11-12,15H,9-10,13-14H2,1-4H3,(H2,21,22,24). The van der Waals surface area contributed by atoms with Crippen LogP contribution in [-0.2, 0) is 13.1 Å². The lowest BCUT2D eigenvalue weighted by Crippen LogP contribution is -2.36. The first-order chi connectivity index (χ1) is 11.5. The molecular weight excluding hydrogens is 298 g/mol. The van der Waals surface area contributed by atoms with Crippen LogP contribution < -0.4 is 10.6 Å². The zero-order chi connectivity index (χ0) is 17.5. The minimum atomic E-state index is -0.102. The predicted octanol–water partition coefficient (Wildman–Crippen LogP) is 4.00. The second-order valence-corrected chi connectivity index (χ2v) is 6.85. The van der Waals surface area contributed by atoms with Crippen molar-refractivity contribution in [3.8, 4) is 0 Å². The third-order valence-electron chi connectivity index (χ3n) is 4.21. The first kappa shape index (κ1) is 18.1. The number of urea groups is 1. The Kier molecular flexibility index (Phi) is 6.47. The van der Waals surface area contributed by atoms with E-state index in [1.165, 1.54) is 16.7 Å². The number of aryl methyl sites for hydroxylation is 2. The lowest BCUT2D eigenvalue weighted by Gasteiger charge is -2.13. The molecule has 24 heavy (non-hydrogen) atoms. The molecule has 0 aliphatic rings. The zero-order valence-corrected chi connectivity index (χ0v) is 15.2. The van der Waals surface area contributed by atoms with E-state index in [9.17, 15) is 4.79 Å². The topological polar surface area (TPSA) is 46.1 Å². The number of rotatable bonds is 7. The molecule has 0 fully saturated rings. The highest BCUT2D eigenvalue weighted by atomic mass is 16.2. The van der Waals surface area contributed by atoms with E-state index in [1.807, 2.05) is 6.07 Å². The number of nitrogens with zero attached hydrogens (tertiary/aromatic N) is 1. The van der Waals surface area contributed by atoms with Gasteiger partial charge in [0.1, 0.15) is 0 Å². The summed E-state index contributed by atoms with van der Waals surface area (Å²) >= 11 is 0. The van der Waals surface area contributed by atoms with Gasteiger partial charge in [-0.15, -0.1) is 0 Å². The van der Waals surface area contributed by atoms with Gasteiger partial charge < -0.3 is 15.2 Å². The van der Waals surface area contributed by atoms with Gasteiger partial charge in [0.15, 0.2) is 0 Å². The van der Waals surface area contributed by atoms with Gasteiger partial charge in [0, 0.05) is 25.0 Å². The first-order valence-electron chi connectivity index (χ1n) is 8.67. The average Bonchev–Trinajstić information content (AvgIpc) is 2.96. The van der Waals surface area contributed by atoms with Crippen LogP contribution in [0.15, 0.2) is 36.5 Å². The van der Waals surface area contributed by atoms with E-state index in [0.29, 0.717) is 19.0 Å². The highest BCUT2D eigenvalue weighted by Gasteiger charge is 2.06. The third kappa shape index (κ3) is 5.44. The van der Waals surface area contributed by atoms with Gasteiger partial charge in [-0.05, 0) is 49.4 Å². The van der Waals surface area contributed by atoms with E-state index in [4.69, 9.17) is 0 Å². The summed E-state index contributed by atoms with van der Waals surface area (Å²) in [6, 6.07) is 10.5. The van der Waals surface area contributed by atoms with Crippen molar-refractivity contribution >= 4 is 6.03 Å². The summed E-state index contributed by atoms with van der Waals surface area (Å²) in [6.07, 6.45) is 3.06. The van der Waals surface area contributed by atoms with Crippen LogP contribution >= 0.6 is 0 Å². The number of hydrogen-bond acceptors (Lipinski definition) is 1. The second-order valence-electron chi connectivity index (χ2n) is 6.85. The van der Waals surface area contributed by atoms with Gasteiger partial charge in [-0.1, -0.05) is 37.6 Å². The van der Waals surface area contributed by atoms with Crippen LogP contribution in [0, 0.1) is 19.8 Å². The van der Waals surface area contributed by atoms with E-state index < -0.39 is 0 Å². The van der Waals surface area contributed by atoms with E-state index in [0.717, 1.165) is 18.7 Å². The van der Waals surface area contributed by atoms with E-state index in [-0.39, 0.29) is 6.03 Å². The SMILES string of the molecule is Cc1ccc(C)c(Cn2cccc2CNC(=O)NCCC(C)C)c1. The van der Waals surface area contributed by atoms with Gasteiger partial charge in [-0.25, -0.2) is 4.79 Å². The fourth-order valence-electron chi connectivity index (χ4n) is 2.63. The number of benzene rings is 1. The molecule has 0 saturated heterocycles. The van der Waals surface area contributed by atoms with E-state index in [1.54, 1.807) is 0 Å². The predicted molar refractivity (Wildman–Crippen MR) is 99.1 cm³/mol. The van der Waals surface area contributed by atoms with Crippen LogP contribution in [0.4, 0.5) is 4.79 Å². The van der Waals surface area contributed by atoms with Crippen LogP contribution in [0.3, 0.4) is 0 Å². The maximum atomic E-state index is 11.9. The number of carbonyl (C=O) groups excluding carboxylic acids is 1. The molecular formula is C20H29N3O. The molecule has 0 unspecified atom stereocenters. The van der Waals surface area contributed by atoms with Crippen molar-refractivity contribution < 1.29 is 4.79 Å². The van der Waals surface area contributed by atoms with Crippen molar-refractivity contribution in [2.24, 2.45) is 5.92 Å². The van der Waals surface area contributed by atoms with Crippen molar-refractivity contribution in [3.05, 3.63) is 58.9 Å². The summed E-state index contributed by atoms with van der Waals surface area (Å²) in [7, 11) is 0. The van der Waals surface area contributed by atoms with E-state index in [2.05, 4.69) is 73.4 Å². The Bertz CT molecular complexity index is 673. The lowest BCUT2D eigenvalue weighted by molar-refractivity contribution is 0.239. The molecule has 2 aromatic rings. The molecule has 0 saturated carbocycles. The Hall–Kier alpha value is -2.23. The quantitative estimate of drug-likeness (QED) is 0.793. The summed E-state index contributed by atoms with van der Waals surface area (Å²) < 4.78 is 2.19. The maximum absolute atomic E-state index is 11.9. The monoisotopic (exact) mass is 327 g/mol. The number of carbonyl (C=O) groups is 1. The highest BCUT2D eigenvalue weighted by molar-refractivity contribution is 5.73. The molecule has 0 aliphatic heterocycles. The summed E-state index contributed by atoms with van der Waals surface area (Å²) in [6.45, 7) is 10.6. The molecule has 130 valence electrons. The lowest BCUT2D eigenvalue weighted by atomic mass is 10.1. The largest absolute Gasteiger partial charge is 0.345 e. The molecule has 0 radical (unpaired) electrons. The fourth-order valence-corrected chi connectivity index (χ4v) is 2.63. The molecule has 2 rings (SSSR count). The Morgan fingerprint density at radius 2 is 1.96 bits per heavy atom. The molecule has 0 spiro atoms. The van der Waals surface area contributed by atoms with Crippen molar-refractivity contribution in [1.29, 1.82) is 0 Å². The Morgan fingerprint density at radius 1 is 1.17 bits per heavy atom. The molecule has 0 atom stereocenters. The Balaban J connectivity index is 1.91. The van der Waals surface area contributed by atoms with Gasteiger partial charge in [0.2, 0.25) is 0 Å². The summed E-state index contributed by atoms with van der Waals surface area (Å²) in [4.78, 5) is 11.9. The Labute approximate surface area is 145 Å². The van der Waals surface area contributed by atoms with Crippen LogP contribution in [0.25, 0.3) is 0 Å². The molecule has 0 bridgehead atoms. The summed E-state index contributed by atoms with van der Waals surface area (Å²) in [5.41, 5.74) is 4.98. The average molecular weight is 327 g/mol. The molecule has 1 heterocycles. The zero-order valence-electron chi connectivity index (χ0n) is 15.2. The van der Waals surface area contributed by atoms with Crippen LogP contribution in [-0.4, -0.2) is 17.1 Å². The van der Waals surface area contributed by atoms with Gasteiger partial charge >= 0.3 is 6.03 Å². The van der Waals surface area contributed by atoms with Crippen molar-refractivity contribution in [2.75, 3.05) is 6.54 Å². The molecule has 4 nitrogen and oxygen atoms in total. The molecule has 1 aromatic carbocycles. The van der Waals surface area contributed by atoms with Gasteiger partial charge in [-0.3, -0.25) is 0 Å². The third-order valence-corrected chi connectivity index (χ3v) is 4.21. The van der Waals surface area contributed by atoms with Gasteiger partial charge in [0.25, 0.3) is 0 Å². The van der Waals surface area contributed by atoms with Crippen LogP contribution in [0.1, 0.15) is 42.7 Å². The first-order valence-corrected chi connectivity index (χ1v) is 8.67. The summed E-state index contributed by atoms with van der Waals surface area (Å²) in [5.74, 6) is 0.597. The van der Waals surface area contributed by atoms with Crippen LogP contribution in [0.2, 0.25) is 0 Å². The second kappa shape index (κ2) is 8.57. The minimum absolute atomic E-state index is 0.102. The molecule has 0 aliphatic carbocycles. The highest BCUT2D eigenvalue weighted by Crippen LogP contribution is 2.14. The van der Waals surface area contributed by atoms with Crippen molar-refractivity contribution in [2.45, 2.75) is 47.2 Å². The van der Waals surface area contributed by atoms with Crippen LogP contribution in [0.5, 0.6) is 0 Å². The molecule has 2 N–H and O–H groups in total. The minimum Gasteiger partial charge on any atom is -0.345 e. The molecule has 4 heteroatoms. The molecule has 2 amide bonds. The fraction of sp³-hybridized carbons (Fsp3) is 0.450. The maximum Gasteiger partial charge on any atom is 0.315 e. The number of hydrogen-bond donors (Lipinski definition) is 2. The number of aromatic nitrogens is 1. The number of amides is 2.